The second-order valence-electron chi connectivity index (χ2n) is 14.7. The van der Waals surface area contributed by atoms with Gasteiger partial charge in [0.05, 0.1) is 48.6 Å². The first-order chi connectivity index (χ1) is 25.6. The zero-order chi connectivity index (χ0) is 37.3. The lowest BCUT2D eigenvalue weighted by Gasteiger charge is -2.46. The van der Waals surface area contributed by atoms with Gasteiger partial charge in [-0.2, -0.15) is 0 Å². The summed E-state index contributed by atoms with van der Waals surface area (Å²) < 4.78 is 38.2. The number of likely N-dealkylation sites (N-methyl/N-ethyl adjacent to an activating group) is 2. The maximum atomic E-state index is 11.3. The Labute approximate surface area is 336 Å². The molecule has 0 saturated heterocycles. The van der Waals surface area contributed by atoms with Gasteiger partial charge >= 0.3 is 0 Å². The van der Waals surface area contributed by atoms with Crippen molar-refractivity contribution in [2.45, 2.75) is 57.0 Å². The van der Waals surface area contributed by atoms with Crippen LogP contribution < -0.4 is 33.5 Å². The Kier molecular flexibility index (Phi) is 13.4. The van der Waals surface area contributed by atoms with Crippen molar-refractivity contribution in [1.82, 2.24) is 4.90 Å². The Morgan fingerprint density at radius 1 is 0.800 bits per heavy atom. The van der Waals surface area contributed by atoms with Crippen LogP contribution in [-0.2, 0) is 30.5 Å². The Bertz CT molecular complexity index is 1990. The zero-order valence-electron chi connectivity index (χ0n) is 32.5. The predicted octanol–water partition coefficient (Wildman–Crippen LogP) is 7.44. The number of hydrogen-bond donors (Lipinski definition) is 0. The first-order valence-corrected chi connectivity index (χ1v) is 18.5. The van der Waals surface area contributed by atoms with Crippen LogP contribution in [0.5, 0.6) is 46.0 Å². The summed E-state index contributed by atoms with van der Waals surface area (Å²) in [5, 5.41) is 11.3. The fourth-order valence-corrected chi connectivity index (χ4v) is 8.53. The smallest absolute Gasteiger partial charge is 0.204 e. The topological polar surface area (TPSA) is 98.8 Å². The van der Waals surface area contributed by atoms with E-state index in [9.17, 15) is 9.90 Å². The fourth-order valence-electron chi connectivity index (χ4n) is 8.53. The zero-order valence-corrected chi connectivity index (χ0v) is 34.1. The van der Waals surface area contributed by atoms with Gasteiger partial charge in [-0.05, 0) is 104 Å². The van der Waals surface area contributed by atoms with E-state index >= 15 is 0 Å². The Hall–Kier alpha value is -4.35. The van der Waals surface area contributed by atoms with Gasteiger partial charge in [0.25, 0.3) is 0 Å². The van der Waals surface area contributed by atoms with Gasteiger partial charge in [-0.3, -0.25) is 4.90 Å². The third-order valence-electron chi connectivity index (χ3n) is 11.5. The Morgan fingerprint density at radius 3 is 2.18 bits per heavy atom. The normalized spacial score (nSPS) is 19.8. The number of carboxylic acid groups (broad SMARTS) is 1. The number of nitrogens with zero attached hydrogens (tertiary/aromatic N) is 2. The van der Waals surface area contributed by atoms with Crippen LogP contribution in [0.25, 0.3) is 0 Å². The highest BCUT2D eigenvalue weighted by Crippen LogP contribution is 2.52. The Morgan fingerprint density at radius 2 is 1.49 bits per heavy atom. The number of quaternary nitrogens is 1. The van der Waals surface area contributed by atoms with Crippen LogP contribution in [0.3, 0.4) is 0 Å². The summed E-state index contributed by atoms with van der Waals surface area (Å²) in [6.07, 6.45) is 4.56. The Balaban J connectivity index is 0.00000290. The number of aliphatic carboxylic acids is 1. The van der Waals surface area contributed by atoms with Gasteiger partial charge in [-0.1, -0.05) is 18.2 Å². The highest BCUT2D eigenvalue weighted by molar-refractivity contribution is 5.85. The molecule has 10 nitrogen and oxygen atoms in total. The molecule has 4 aliphatic heterocycles. The fraction of sp³-hybridized carbons (Fsp3) is 0.419. The van der Waals surface area contributed by atoms with E-state index in [1.165, 1.54) is 16.7 Å². The van der Waals surface area contributed by atoms with Gasteiger partial charge in [0.1, 0.15) is 11.8 Å². The number of halogens is 2. The van der Waals surface area contributed by atoms with Crippen LogP contribution in [0.15, 0.2) is 60.7 Å². The van der Waals surface area contributed by atoms with E-state index in [0.717, 1.165) is 72.2 Å². The molecule has 6 bridgehead atoms. The van der Waals surface area contributed by atoms with Gasteiger partial charge in [-0.25, -0.2) is 0 Å². The summed E-state index contributed by atoms with van der Waals surface area (Å²) in [5.74, 6) is 4.07. The minimum atomic E-state index is -1.00. The first-order valence-electron chi connectivity index (χ1n) is 18.5. The van der Waals surface area contributed by atoms with Gasteiger partial charge < -0.3 is 42.8 Å². The number of hydrogen-bond acceptors (Lipinski definition) is 9. The molecule has 4 heterocycles. The lowest BCUT2D eigenvalue weighted by Crippen LogP contribution is -2.52. The predicted molar refractivity (Wildman–Crippen MR) is 214 cm³/mol. The van der Waals surface area contributed by atoms with Crippen LogP contribution in [0.4, 0.5) is 0 Å². The van der Waals surface area contributed by atoms with E-state index < -0.39 is 5.97 Å². The molecule has 3 unspecified atom stereocenters. The van der Waals surface area contributed by atoms with E-state index in [-0.39, 0.29) is 43.3 Å². The maximum absolute atomic E-state index is 11.3. The quantitative estimate of drug-likeness (QED) is 0.127. The third-order valence-corrected chi connectivity index (χ3v) is 11.5. The van der Waals surface area contributed by atoms with E-state index in [2.05, 4.69) is 61.5 Å². The molecule has 4 aromatic rings. The monoisotopic (exact) mass is 794 g/mol. The summed E-state index contributed by atoms with van der Waals surface area (Å²) in [7, 11) is 11.1. The average Bonchev–Trinajstić information content (AvgIpc) is 3.15. The van der Waals surface area contributed by atoms with E-state index in [0.29, 0.717) is 53.1 Å². The molecule has 0 fully saturated rings. The lowest BCUT2D eigenvalue weighted by atomic mass is 9.85. The number of ether oxygens (including phenoxy) is 6. The molecule has 0 radical (unpaired) electrons. The minimum Gasteiger partial charge on any atom is -0.550 e. The first kappa shape index (κ1) is 41.8. The molecule has 12 heteroatoms. The van der Waals surface area contributed by atoms with Crippen molar-refractivity contribution < 1.29 is 42.8 Å². The number of methoxy groups -OCH3 is 4. The van der Waals surface area contributed by atoms with Gasteiger partial charge in [0.15, 0.2) is 34.5 Å². The second-order valence-corrected chi connectivity index (χ2v) is 14.7. The minimum absolute atomic E-state index is 0. The van der Waals surface area contributed by atoms with E-state index in [4.69, 9.17) is 28.4 Å². The molecule has 8 rings (SSSR count). The van der Waals surface area contributed by atoms with Crippen LogP contribution in [0.1, 0.15) is 64.7 Å². The molecule has 296 valence electrons. The van der Waals surface area contributed by atoms with Crippen molar-refractivity contribution in [3.8, 4) is 46.0 Å². The largest absolute Gasteiger partial charge is 0.550 e. The summed E-state index contributed by atoms with van der Waals surface area (Å²) in [6, 6.07) is 20.9. The van der Waals surface area contributed by atoms with Crippen LogP contribution in [0.2, 0.25) is 0 Å². The maximum Gasteiger partial charge on any atom is 0.204 e. The number of rotatable bonds is 9. The highest BCUT2D eigenvalue weighted by Gasteiger charge is 2.40. The average molecular weight is 796 g/mol. The van der Waals surface area contributed by atoms with Crippen molar-refractivity contribution in [1.29, 1.82) is 0 Å². The lowest BCUT2D eigenvalue weighted by molar-refractivity contribution is -0.941. The second kappa shape index (κ2) is 17.6. The number of unbranched alkanes of at least 4 members (excludes halogenated alkanes) is 1. The molecule has 0 spiro atoms. The number of benzene rings is 4. The summed E-state index contributed by atoms with van der Waals surface area (Å²) in [5.41, 5.74) is 6.88. The molecule has 3 atom stereocenters. The highest BCUT2D eigenvalue weighted by atomic mass is 35.5. The number of fused-ring (bicyclic) bond motifs is 2. The number of carbonyl (C=O) groups excluding carboxylic acids is 1. The van der Waals surface area contributed by atoms with Crippen LogP contribution in [0, 0.1) is 0 Å². The summed E-state index contributed by atoms with van der Waals surface area (Å²) >= 11 is 0. The molecule has 0 N–H and O–H groups in total. The summed E-state index contributed by atoms with van der Waals surface area (Å²) in [6.45, 7) is 2.61. The SMILES string of the molecule is COc1ccc2cc1Oc1ccc(cc1)CC1c3cc(c(OC)cc3CC[N+]1(C)CCCCC(=O)[O-])Oc1c(OC)c(OC)cc3c1C(C2)N(C)CC3.Cl.Cl. The molecule has 55 heavy (non-hydrogen) atoms. The molecule has 4 aliphatic rings. The van der Waals surface area contributed by atoms with Crippen molar-refractivity contribution in [2.75, 3.05) is 62.2 Å². The molecule has 0 aromatic heterocycles. The van der Waals surface area contributed by atoms with Crippen molar-refractivity contribution >= 4 is 30.8 Å². The standard InChI is InChI=1S/C43H50N2O8.2ClH/c1-44-18-16-30-25-39(50-5)42(51-6)43-41(30)33(44)21-28-12-15-35(48-3)37(23-28)52-31-13-10-27(11-14-31)22-34-32-26-38(53-43)36(49-4)24-29(32)17-20-45(34,2)19-8-7-9-40(46)47;;/h10-15,23-26,33-34H,7-9,16-22H2,1-6H3;2*1H. The summed E-state index contributed by atoms with van der Waals surface area (Å²) in [4.78, 5) is 13.6. The van der Waals surface area contributed by atoms with Crippen molar-refractivity contribution in [2.24, 2.45) is 0 Å². The number of carbonyl (C=O) groups is 1. The molecular formula is C43H52Cl2N2O8. The molecule has 0 aliphatic carbocycles. The van der Waals surface area contributed by atoms with Crippen LogP contribution >= 0.6 is 24.8 Å². The molecule has 0 amide bonds. The molecular weight excluding hydrogens is 743 g/mol. The molecule has 0 saturated carbocycles. The molecule has 4 aromatic carbocycles. The number of carboxylic acids is 1. The van der Waals surface area contributed by atoms with Crippen LogP contribution in [-0.4, -0.2) is 77.5 Å². The van der Waals surface area contributed by atoms with E-state index in [1.54, 1.807) is 28.4 Å². The van der Waals surface area contributed by atoms with Crippen molar-refractivity contribution in [3.05, 3.63) is 94.0 Å². The third kappa shape index (κ3) is 8.43. The van der Waals surface area contributed by atoms with Gasteiger partial charge in [0, 0.05) is 42.5 Å². The van der Waals surface area contributed by atoms with Gasteiger partial charge in [-0.15, -0.1) is 24.8 Å². The van der Waals surface area contributed by atoms with Gasteiger partial charge in [0.2, 0.25) is 5.75 Å². The van der Waals surface area contributed by atoms with E-state index in [1.807, 2.05) is 18.2 Å². The van der Waals surface area contributed by atoms with Crippen molar-refractivity contribution in [3.63, 3.8) is 0 Å².